The highest BCUT2D eigenvalue weighted by Crippen LogP contribution is 2.34. The first kappa shape index (κ1) is 23.6. The molecule has 0 saturated heterocycles. The van der Waals surface area contributed by atoms with Crippen molar-refractivity contribution in [3.05, 3.63) is 89.5 Å². The first-order chi connectivity index (χ1) is 15.0. The van der Waals surface area contributed by atoms with Gasteiger partial charge in [-0.25, -0.2) is 0 Å². The molecule has 0 aliphatic heterocycles. The lowest BCUT2D eigenvalue weighted by Gasteiger charge is -2.22. The molecule has 0 radical (unpaired) electrons. The molecule has 31 heavy (non-hydrogen) atoms. The van der Waals surface area contributed by atoms with E-state index in [1.807, 2.05) is 0 Å². The highest BCUT2D eigenvalue weighted by molar-refractivity contribution is 7.79. The van der Waals surface area contributed by atoms with Crippen LogP contribution >= 0.6 is 7.92 Å². The standard InChI is InChI=1S/C27H36N3P/c1-4-25(28)19-7-13-22(14-8-19)31(23-15-9-20(10-16-23)26(29)5-2)24-17-11-21(12-18-24)27(30)6-3/h7-18,25-27H,4-6,28-30H2,1-3H3. The number of rotatable bonds is 9. The summed E-state index contributed by atoms with van der Waals surface area (Å²) in [5.74, 6) is 0. The van der Waals surface area contributed by atoms with Crippen LogP contribution in [0.25, 0.3) is 0 Å². The smallest absolute Gasteiger partial charge is 0.0292 e. The van der Waals surface area contributed by atoms with Crippen molar-refractivity contribution < 1.29 is 0 Å². The predicted octanol–water partition coefficient (Wildman–Crippen LogP) is 4.67. The average molecular weight is 434 g/mol. The van der Waals surface area contributed by atoms with E-state index in [4.69, 9.17) is 17.2 Å². The number of benzene rings is 3. The Bertz CT molecular complexity index is 809. The van der Waals surface area contributed by atoms with E-state index in [9.17, 15) is 0 Å². The Morgan fingerprint density at radius 3 is 0.903 bits per heavy atom. The van der Waals surface area contributed by atoms with E-state index >= 15 is 0 Å². The van der Waals surface area contributed by atoms with Crippen LogP contribution in [0.15, 0.2) is 72.8 Å². The van der Waals surface area contributed by atoms with Gasteiger partial charge in [-0.2, -0.15) is 0 Å². The Morgan fingerprint density at radius 1 is 0.484 bits per heavy atom. The molecule has 6 N–H and O–H groups in total. The van der Waals surface area contributed by atoms with Gasteiger partial charge in [-0.05, 0) is 59.8 Å². The van der Waals surface area contributed by atoms with Crippen LogP contribution < -0.4 is 33.1 Å². The molecule has 3 aromatic rings. The summed E-state index contributed by atoms with van der Waals surface area (Å²) in [7, 11) is -0.676. The minimum absolute atomic E-state index is 0.0879. The maximum atomic E-state index is 6.24. The Morgan fingerprint density at radius 2 is 0.710 bits per heavy atom. The molecule has 3 aromatic carbocycles. The van der Waals surface area contributed by atoms with Gasteiger partial charge in [-0.1, -0.05) is 93.6 Å². The largest absolute Gasteiger partial charge is 0.324 e. The number of nitrogens with two attached hydrogens (primary N) is 3. The molecule has 3 atom stereocenters. The van der Waals surface area contributed by atoms with Gasteiger partial charge in [0.2, 0.25) is 0 Å². The van der Waals surface area contributed by atoms with Crippen molar-refractivity contribution >= 4 is 23.8 Å². The van der Waals surface area contributed by atoms with Gasteiger partial charge in [0.25, 0.3) is 0 Å². The molecule has 3 rings (SSSR count). The average Bonchev–Trinajstić information content (AvgIpc) is 2.84. The lowest BCUT2D eigenvalue weighted by molar-refractivity contribution is 0.699. The van der Waals surface area contributed by atoms with E-state index in [1.54, 1.807) is 0 Å². The Hall–Kier alpha value is -2.03. The molecule has 0 spiro atoms. The molecule has 0 amide bonds. The maximum Gasteiger partial charge on any atom is 0.0292 e. The topological polar surface area (TPSA) is 78.1 Å². The van der Waals surface area contributed by atoms with Gasteiger partial charge in [-0.3, -0.25) is 0 Å². The van der Waals surface area contributed by atoms with Crippen molar-refractivity contribution in [3.8, 4) is 0 Å². The third-order valence-corrected chi connectivity index (χ3v) is 8.50. The van der Waals surface area contributed by atoms with Gasteiger partial charge < -0.3 is 17.2 Å². The van der Waals surface area contributed by atoms with Gasteiger partial charge in [-0.15, -0.1) is 0 Å². The molecule has 3 nitrogen and oxygen atoms in total. The van der Waals surface area contributed by atoms with Gasteiger partial charge >= 0.3 is 0 Å². The van der Waals surface area contributed by atoms with Crippen LogP contribution in [0.3, 0.4) is 0 Å². The van der Waals surface area contributed by atoms with Gasteiger partial charge in [0.15, 0.2) is 0 Å². The zero-order chi connectivity index (χ0) is 22.4. The summed E-state index contributed by atoms with van der Waals surface area (Å²) in [5.41, 5.74) is 22.3. The fourth-order valence-corrected chi connectivity index (χ4v) is 6.00. The second-order valence-electron chi connectivity index (χ2n) is 8.15. The second kappa shape index (κ2) is 11.0. The monoisotopic (exact) mass is 433 g/mol. The summed E-state index contributed by atoms with van der Waals surface area (Å²) in [6, 6.07) is 26.8. The fourth-order valence-electron chi connectivity index (χ4n) is 3.77. The first-order valence-corrected chi connectivity index (χ1v) is 12.7. The molecule has 0 heterocycles. The van der Waals surface area contributed by atoms with Crippen molar-refractivity contribution in [2.24, 2.45) is 17.2 Å². The van der Waals surface area contributed by atoms with Crippen LogP contribution in [-0.4, -0.2) is 0 Å². The summed E-state index contributed by atoms with van der Waals surface area (Å²) in [4.78, 5) is 0. The zero-order valence-electron chi connectivity index (χ0n) is 19.0. The van der Waals surface area contributed by atoms with Crippen LogP contribution in [0.1, 0.15) is 74.8 Å². The zero-order valence-corrected chi connectivity index (χ0v) is 19.9. The second-order valence-corrected chi connectivity index (χ2v) is 10.4. The molecule has 0 saturated carbocycles. The maximum absolute atomic E-state index is 6.24. The lowest BCUT2D eigenvalue weighted by atomic mass is 10.1. The predicted molar refractivity (Wildman–Crippen MR) is 137 cm³/mol. The minimum Gasteiger partial charge on any atom is -0.324 e. The minimum atomic E-state index is -0.676. The van der Waals surface area contributed by atoms with E-state index in [-0.39, 0.29) is 18.1 Å². The molecule has 0 aliphatic carbocycles. The van der Waals surface area contributed by atoms with Crippen molar-refractivity contribution in [2.75, 3.05) is 0 Å². The van der Waals surface area contributed by atoms with Crippen LogP contribution in [-0.2, 0) is 0 Å². The molecule has 3 unspecified atom stereocenters. The van der Waals surface area contributed by atoms with Crippen LogP contribution in [0, 0.1) is 0 Å². The van der Waals surface area contributed by atoms with Crippen molar-refractivity contribution in [2.45, 2.75) is 58.2 Å². The molecular formula is C27H36N3P. The third-order valence-electron chi connectivity index (χ3n) is 6.06. The molecular weight excluding hydrogens is 397 g/mol. The quantitative estimate of drug-likeness (QED) is 0.429. The fraction of sp³-hybridized carbons (Fsp3) is 0.333. The molecule has 164 valence electrons. The molecule has 0 bridgehead atoms. The van der Waals surface area contributed by atoms with Crippen molar-refractivity contribution in [1.82, 2.24) is 0 Å². The van der Waals surface area contributed by atoms with Gasteiger partial charge in [0.05, 0.1) is 0 Å². The third kappa shape index (κ3) is 5.61. The van der Waals surface area contributed by atoms with Crippen LogP contribution in [0.5, 0.6) is 0 Å². The van der Waals surface area contributed by atoms with Crippen LogP contribution in [0.2, 0.25) is 0 Å². The molecule has 0 aliphatic rings. The summed E-state index contributed by atoms with van der Waals surface area (Å²) in [5, 5.41) is 3.96. The van der Waals surface area contributed by atoms with Crippen molar-refractivity contribution in [1.29, 1.82) is 0 Å². The highest BCUT2D eigenvalue weighted by atomic mass is 31.1. The van der Waals surface area contributed by atoms with Crippen LogP contribution in [0.4, 0.5) is 0 Å². The molecule has 0 aromatic heterocycles. The molecule has 0 fully saturated rings. The van der Waals surface area contributed by atoms with E-state index in [1.165, 1.54) is 32.6 Å². The van der Waals surface area contributed by atoms with Gasteiger partial charge in [0.1, 0.15) is 0 Å². The van der Waals surface area contributed by atoms with E-state index in [0.29, 0.717) is 0 Å². The Labute approximate surface area is 188 Å². The summed E-state index contributed by atoms with van der Waals surface area (Å²) in [6.07, 6.45) is 2.81. The number of hydrogen-bond acceptors (Lipinski definition) is 3. The summed E-state index contributed by atoms with van der Waals surface area (Å²) in [6.45, 7) is 6.36. The number of hydrogen-bond donors (Lipinski definition) is 3. The van der Waals surface area contributed by atoms with Gasteiger partial charge in [0, 0.05) is 18.1 Å². The SMILES string of the molecule is CCC(N)c1ccc(P(c2ccc(C(N)CC)cc2)c2ccc(C(N)CC)cc2)cc1. The Balaban J connectivity index is 2.01. The Kier molecular flexibility index (Phi) is 8.40. The van der Waals surface area contributed by atoms with Crippen molar-refractivity contribution in [3.63, 3.8) is 0 Å². The normalized spacial score (nSPS) is 15.3. The molecule has 4 heteroatoms. The van der Waals surface area contributed by atoms with E-state index < -0.39 is 7.92 Å². The summed E-state index contributed by atoms with van der Waals surface area (Å²) >= 11 is 0. The lowest BCUT2D eigenvalue weighted by Crippen LogP contribution is -2.22. The highest BCUT2D eigenvalue weighted by Gasteiger charge is 2.18. The van der Waals surface area contributed by atoms with E-state index in [0.717, 1.165) is 19.3 Å². The van der Waals surface area contributed by atoms with E-state index in [2.05, 4.69) is 93.6 Å². The first-order valence-electron chi connectivity index (χ1n) is 11.3. The summed E-state index contributed by atoms with van der Waals surface area (Å²) < 4.78 is 0.